The lowest BCUT2D eigenvalue weighted by Gasteiger charge is -2.14. The van der Waals surface area contributed by atoms with E-state index >= 15 is 0 Å². The maximum absolute atomic E-state index is 9.38. The van der Waals surface area contributed by atoms with E-state index in [1.807, 2.05) is 24.6 Å². The van der Waals surface area contributed by atoms with E-state index in [0.717, 1.165) is 22.6 Å². The summed E-state index contributed by atoms with van der Waals surface area (Å²) in [6.07, 6.45) is 0. The monoisotopic (exact) mass is 244 g/mol. The minimum absolute atomic E-state index is 0.0432. The summed E-state index contributed by atoms with van der Waals surface area (Å²) in [6, 6.07) is 8.29. The largest absolute Gasteiger partial charge is 0.392 e. The number of aliphatic hydroxyl groups is 1. The molecule has 1 N–H and O–H groups in total. The molecule has 18 heavy (non-hydrogen) atoms. The predicted molar refractivity (Wildman–Crippen MR) is 73.0 cm³/mol. The number of benzene rings is 1. The van der Waals surface area contributed by atoms with Gasteiger partial charge in [-0.05, 0) is 31.4 Å². The standard InChI is InChI=1S/C15H20N2O/c1-10(2)13-7-5-6-8-15(13)17-12(4)14(9-18)11(3)16-17/h5-8,10,18H,9H2,1-4H3. The number of aryl methyl sites for hydroxylation is 1. The first-order valence-electron chi connectivity index (χ1n) is 6.31. The van der Waals surface area contributed by atoms with Gasteiger partial charge in [0.1, 0.15) is 0 Å². The van der Waals surface area contributed by atoms with Crippen LogP contribution in [0.15, 0.2) is 24.3 Å². The number of aromatic nitrogens is 2. The van der Waals surface area contributed by atoms with E-state index in [0.29, 0.717) is 5.92 Å². The Balaban J connectivity index is 2.63. The van der Waals surface area contributed by atoms with Gasteiger partial charge in [-0.15, -0.1) is 0 Å². The number of para-hydroxylation sites is 1. The van der Waals surface area contributed by atoms with Crippen molar-refractivity contribution in [3.05, 3.63) is 46.8 Å². The molecule has 1 heterocycles. The Morgan fingerprint density at radius 1 is 1.22 bits per heavy atom. The third kappa shape index (κ3) is 2.06. The molecule has 0 atom stereocenters. The van der Waals surface area contributed by atoms with E-state index < -0.39 is 0 Å². The molecular weight excluding hydrogens is 224 g/mol. The van der Waals surface area contributed by atoms with E-state index in [1.54, 1.807) is 0 Å². The normalized spacial score (nSPS) is 11.2. The summed E-state index contributed by atoms with van der Waals surface area (Å²) in [5.74, 6) is 0.447. The molecule has 0 saturated carbocycles. The van der Waals surface area contributed by atoms with Crippen LogP contribution in [0.3, 0.4) is 0 Å². The highest BCUT2D eigenvalue weighted by atomic mass is 16.3. The van der Waals surface area contributed by atoms with Gasteiger partial charge in [-0.3, -0.25) is 0 Å². The summed E-state index contributed by atoms with van der Waals surface area (Å²) in [5, 5.41) is 13.9. The van der Waals surface area contributed by atoms with Crippen LogP contribution in [0.1, 0.15) is 42.3 Å². The van der Waals surface area contributed by atoms with Crippen LogP contribution in [-0.4, -0.2) is 14.9 Å². The van der Waals surface area contributed by atoms with Crippen molar-refractivity contribution in [2.24, 2.45) is 0 Å². The molecule has 0 radical (unpaired) electrons. The van der Waals surface area contributed by atoms with Crippen LogP contribution in [0.4, 0.5) is 0 Å². The molecule has 0 aliphatic rings. The van der Waals surface area contributed by atoms with Crippen molar-refractivity contribution in [3.8, 4) is 5.69 Å². The van der Waals surface area contributed by atoms with Crippen LogP contribution < -0.4 is 0 Å². The van der Waals surface area contributed by atoms with Gasteiger partial charge in [0.05, 0.1) is 18.0 Å². The second-order valence-electron chi connectivity index (χ2n) is 4.93. The van der Waals surface area contributed by atoms with E-state index in [-0.39, 0.29) is 6.61 Å². The molecule has 0 amide bonds. The molecule has 1 aromatic carbocycles. The molecule has 0 spiro atoms. The van der Waals surface area contributed by atoms with E-state index in [2.05, 4.69) is 37.1 Å². The Morgan fingerprint density at radius 2 is 1.89 bits per heavy atom. The third-order valence-corrected chi connectivity index (χ3v) is 3.39. The molecule has 2 aromatic rings. The van der Waals surface area contributed by atoms with Crippen LogP contribution >= 0.6 is 0 Å². The molecule has 0 aliphatic carbocycles. The molecule has 3 nitrogen and oxygen atoms in total. The number of hydrogen-bond acceptors (Lipinski definition) is 2. The Kier molecular flexibility index (Phi) is 3.53. The molecule has 3 heteroatoms. The summed E-state index contributed by atoms with van der Waals surface area (Å²) < 4.78 is 1.94. The van der Waals surface area contributed by atoms with Crippen molar-refractivity contribution in [2.45, 2.75) is 40.2 Å². The van der Waals surface area contributed by atoms with Gasteiger partial charge in [0.2, 0.25) is 0 Å². The van der Waals surface area contributed by atoms with E-state index in [9.17, 15) is 5.11 Å². The average Bonchev–Trinajstić information content (AvgIpc) is 2.64. The molecule has 0 aliphatic heterocycles. The zero-order valence-electron chi connectivity index (χ0n) is 11.4. The Hall–Kier alpha value is -1.61. The van der Waals surface area contributed by atoms with Crippen molar-refractivity contribution in [1.29, 1.82) is 0 Å². The van der Waals surface area contributed by atoms with Crippen LogP contribution in [0, 0.1) is 13.8 Å². The van der Waals surface area contributed by atoms with Gasteiger partial charge >= 0.3 is 0 Å². The summed E-state index contributed by atoms with van der Waals surface area (Å²) >= 11 is 0. The molecular formula is C15H20N2O. The van der Waals surface area contributed by atoms with Gasteiger partial charge in [0, 0.05) is 11.3 Å². The SMILES string of the molecule is Cc1nn(-c2ccccc2C(C)C)c(C)c1CO. The van der Waals surface area contributed by atoms with Crippen LogP contribution in [-0.2, 0) is 6.61 Å². The van der Waals surface area contributed by atoms with Gasteiger partial charge in [-0.2, -0.15) is 5.10 Å². The fourth-order valence-electron chi connectivity index (χ4n) is 2.31. The highest BCUT2D eigenvalue weighted by molar-refractivity contribution is 5.45. The summed E-state index contributed by atoms with van der Waals surface area (Å²) in [6.45, 7) is 8.34. The first kappa shape index (κ1) is 12.8. The van der Waals surface area contributed by atoms with Crippen molar-refractivity contribution >= 4 is 0 Å². The second-order valence-corrected chi connectivity index (χ2v) is 4.93. The first-order chi connectivity index (χ1) is 8.56. The zero-order chi connectivity index (χ0) is 13.3. The number of nitrogens with zero attached hydrogens (tertiary/aromatic N) is 2. The molecule has 0 unspecified atom stereocenters. The zero-order valence-corrected chi connectivity index (χ0v) is 11.4. The lowest BCUT2D eigenvalue weighted by molar-refractivity contribution is 0.280. The highest BCUT2D eigenvalue weighted by Gasteiger charge is 2.15. The maximum Gasteiger partial charge on any atom is 0.0718 e. The van der Waals surface area contributed by atoms with Gasteiger partial charge < -0.3 is 5.11 Å². The first-order valence-corrected chi connectivity index (χ1v) is 6.31. The van der Waals surface area contributed by atoms with Gasteiger partial charge in [0.15, 0.2) is 0 Å². The summed E-state index contributed by atoms with van der Waals surface area (Å²) in [7, 11) is 0. The number of rotatable bonds is 3. The van der Waals surface area contributed by atoms with Crippen molar-refractivity contribution in [1.82, 2.24) is 9.78 Å². The van der Waals surface area contributed by atoms with Crippen molar-refractivity contribution in [2.75, 3.05) is 0 Å². The minimum atomic E-state index is 0.0432. The van der Waals surface area contributed by atoms with Crippen LogP contribution in [0.5, 0.6) is 0 Å². The quantitative estimate of drug-likeness (QED) is 0.901. The summed E-state index contributed by atoms with van der Waals surface area (Å²) in [5.41, 5.74) is 5.21. The molecule has 1 aromatic heterocycles. The highest BCUT2D eigenvalue weighted by Crippen LogP contribution is 2.25. The maximum atomic E-state index is 9.38. The minimum Gasteiger partial charge on any atom is -0.392 e. The lowest BCUT2D eigenvalue weighted by atomic mass is 10.0. The average molecular weight is 244 g/mol. The molecule has 0 saturated heterocycles. The van der Waals surface area contributed by atoms with Gasteiger partial charge in [0.25, 0.3) is 0 Å². The predicted octanol–water partition coefficient (Wildman–Crippen LogP) is 3.10. The molecule has 0 fully saturated rings. The Labute approximate surface area is 108 Å². The molecule has 96 valence electrons. The number of hydrogen-bond donors (Lipinski definition) is 1. The topological polar surface area (TPSA) is 38.0 Å². The molecule has 0 bridgehead atoms. The summed E-state index contributed by atoms with van der Waals surface area (Å²) in [4.78, 5) is 0. The van der Waals surface area contributed by atoms with E-state index in [1.165, 1.54) is 5.56 Å². The van der Waals surface area contributed by atoms with E-state index in [4.69, 9.17) is 0 Å². The molecule has 2 rings (SSSR count). The fraction of sp³-hybridized carbons (Fsp3) is 0.400. The van der Waals surface area contributed by atoms with Gasteiger partial charge in [-0.1, -0.05) is 32.0 Å². The van der Waals surface area contributed by atoms with Gasteiger partial charge in [-0.25, -0.2) is 4.68 Å². The smallest absolute Gasteiger partial charge is 0.0718 e. The lowest BCUT2D eigenvalue weighted by Crippen LogP contribution is -2.04. The third-order valence-electron chi connectivity index (χ3n) is 3.39. The number of aliphatic hydroxyl groups excluding tert-OH is 1. The van der Waals surface area contributed by atoms with Crippen molar-refractivity contribution < 1.29 is 5.11 Å². The Bertz CT molecular complexity index is 556. The Morgan fingerprint density at radius 3 is 2.44 bits per heavy atom. The fourth-order valence-corrected chi connectivity index (χ4v) is 2.31. The van der Waals surface area contributed by atoms with Crippen LogP contribution in [0.25, 0.3) is 5.69 Å². The van der Waals surface area contributed by atoms with Crippen LogP contribution in [0.2, 0.25) is 0 Å². The second kappa shape index (κ2) is 4.94. The van der Waals surface area contributed by atoms with Crippen molar-refractivity contribution in [3.63, 3.8) is 0 Å².